The Labute approximate surface area is 168 Å². The molecule has 28 heavy (non-hydrogen) atoms. The van der Waals surface area contributed by atoms with E-state index in [-0.39, 0.29) is 22.9 Å². The van der Waals surface area contributed by atoms with Crippen LogP contribution in [0.1, 0.15) is 25.5 Å². The van der Waals surface area contributed by atoms with Gasteiger partial charge >= 0.3 is 0 Å². The number of nitrogens with one attached hydrogen (secondary N) is 1. The van der Waals surface area contributed by atoms with Crippen LogP contribution < -0.4 is 5.32 Å². The second-order valence-corrected chi connectivity index (χ2v) is 8.31. The number of piperidine rings is 1. The molecule has 3 rings (SSSR count). The molecule has 2 aromatic rings. The number of hydrogen-bond acceptors (Lipinski definition) is 6. The molecule has 148 valence electrons. The van der Waals surface area contributed by atoms with Crippen molar-refractivity contribution in [1.29, 1.82) is 0 Å². The molecule has 0 radical (unpaired) electrons. The highest BCUT2D eigenvalue weighted by atomic mass is 32.2. The molecular weight excluding hydrogens is 376 g/mol. The van der Waals surface area contributed by atoms with Crippen molar-refractivity contribution >= 4 is 23.4 Å². The predicted molar refractivity (Wildman–Crippen MR) is 109 cm³/mol. The van der Waals surface area contributed by atoms with Crippen LogP contribution in [0.4, 0.5) is 5.69 Å². The smallest absolute Gasteiger partial charge is 0.269 e. The van der Waals surface area contributed by atoms with E-state index in [9.17, 15) is 14.9 Å². The summed E-state index contributed by atoms with van der Waals surface area (Å²) in [6, 6.07) is 12.4. The van der Waals surface area contributed by atoms with Gasteiger partial charge in [0.05, 0.1) is 15.9 Å². The van der Waals surface area contributed by atoms with Gasteiger partial charge in [-0.2, -0.15) is 0 Å². The minimum absolute atomic E-state index is 0.00605. The first-order chi connectivity index (χ1) is 13.5. The average molecular weight is 401 g/mol. The maximum atomic E-state index is 12.5. The van der Waals surface area contributed by atoms with E-state index in [0.29, 0.717) is 0 Å². The third-order valence-corrected chi connectivity index (χ3v) is 5.89. The van der Waals surface area contributed by atoms with Gasteiger partial charge in [-0.15, -0.1) is 11.8 Å². The Morgan fingerprint density at radius 1 is 1.29 bits per heavy atom. The first-order valence-corrected chi connectivity index (χ1v) is 10.2. The summed E-state index contributed by atoms with van der Waals surface area (Å²) in [7, 11) is 0. The normalized spacial score (nSPS) is 16.5. The SMILES string of the molecule is CC(Sc1ccc([N+](=O)[O-])cc1)C(=O)NC1CCN(Cc2ccccn2)CC1. The van der Waals surface area contributed by atoms with E-state index >= 15 is 0 Å². The number of likely N-dealkylation sites (tertiary alicyclic amines) is 1. The number of aromatic nitrogens is 1. The van der Waals surface area contributed by atoms with Crippen molar-refractivity contribution in [3.05, 3.63) is 64.5 Å². The number of thioether (sulfide) groups is 1. The molecule has 1 aromatic carbocycles. The van der Waals surface area contributed by atoms with Gasteiger partial charge in [0.2, 0.25) is 5.91 Å². The van der Waals surface area contributed by atoms with E-state index in [2.05, 4.69) is 15.2 Å². The lowest BCUT2D eigenvalue weighted by Crippen LogP contribution is -2.46. The Hall–Kier alpha value is -2.45. The van der Waals surface area contributed by atoms with Crippen LogP contribution in [0.25, 0.3) is 0 Å². The van der Waals surface area contributed by atoms with Gasteiger partial charge in [-0.3, -0.25) is 24.8 Å². The number of nitro benzene ring substituents is 1. The monoisotopic (exact) mass is 400 g/mol. The highest BCUT2D eigenvalue weighted by Crippen LogP contribution is 2.26. The summed E-state index contributed by atoms with van der Waals surface area (Å²) >= 11 is 1.41. The van der Waals surface area contributed by atoms with Crippen molar-refractivity contribution in [3.8, 4) is 0 Å². The van der Waals surface area contributed by atoms with Crippen LogP contribution in [-0.4, -0.2) is 45.1 Å². The topological polar surface area (TPSA) is 88.4 Å². The van der Waals surface area contributed by atoms with Gasteiger partial charge in [-0.25, -0.2) is 0 Å². The molecule has 1 aromatic heterocycles. The fourth-order valence-electron chi connectivity index (χ4n) is 3.18. The van der Waals surface area contributed by atoms with Gasteiger partial charge in [0, 0.05) is 48.9 Å². The van der Waals surface area contributed by atoms with Crippen molar-refractivity contribution < 1.29 is 9.72 Å². The standard InChI is InChI=1S/C20H24N4O3S/c1-15(28-19-7-5-18(6-8-19)24(26)27)20(25)22-16-9-12-23(13-10-16)14-17-4-2-3-11-21-17/h2-8,11,15-16H,9-10,12-14H2,1H3,(H,22,25). The average Bonchev–Trinajstić information content (AvgIpc) is 2.70. The molecule has 2 heterocycles. The second-order valence-electron chi connectivity index (χ2n) is 6.89. The van der Waals surface area contributed by atoms with Crippen LogP contribution in [0.5, 0.6) is 0 Å². The number of carbonyl (C=O) groups is 1. The van der Waals surface area contributed by atoms with Crippen LogP contribution >= 0.6 is 11.8 Å². The number of carbonyl (C=O) groups excluding carboxylic acids is 1. The molecule has 0 spiro atoms. The molecule has 7 nitrogen and oxygen atoms in total. The van der Waals surface area contributed by atoms with E-state index in [1.165, 1.54) is 23.9 Å². The summed E-state index contributed by atoms with van der Waals surface area (Å²) in [6.07, 6.45) is 3.66. The highest BCUT2D eigenvalue weighted by Gasteiger charge is 2.23. The lowest BCUT2D eigenvalue weighted by molar-refractivity contribution is -0.384. The Morgan fingerprint density at radius 2 is 2.00 bits per heavy atom. The molecular formula is C20H24N4O3S. The van der Waals surface area contributed by atoms with Gasteiger partial charge in [-0.1, -0.05) is 6.07 Å². The van der Waals surface area contributed by atoms with Crippen molar-refractivity contribution in [2.24, 2.45) is 0 Å². The summed E-state index contributed by atoms with van der Waals surface area (Å²) in [6.45, 7) is 4.57. The fraction of sp³-hybridized carbons (Fsp3) is 0.400. The van der Waals surface area contributed by atoms with Crippen molar-refractivity contribution in [2.45, 2.75) is 42.5 Å². The van der Waals surface area contributed by atoms with Crippen LogP contribution in [0.2, 0.25) is 0 Å². The maximum absolute atomic E-state index is 12.5. The van der Waals surface area contributed by atoms with Gasteiger partial charge in [-0.05, 0) is 44.0 Å². The zero-order valence-electron chi connectivity index (χ0n) is 15.8. The largest absolute Gasteiger partial charge is 0.352 e. The lowest BCUT2D eigenvalue weighted by Gasteiger charge is -2.32. The van der Waals surface area contributed by atoms with E-state index in [1.807, 2.05) is 31.3 Å². The van der Waals surface area contributed by atoms with Crippen LogP contribution in [-0.2, 0) is 11.3 Å². The third-order valence-electron chi connectivity index (χ3n) is 4.78. The number of benzene rings is 1. The zero-order chi connectivity index (χ0) is 19.9. The highest BCUT2D eigenvalue weighted by molar-refractivity contribution is 8.00. The van der Waals surface area contributed by atoms with Crippen molar-refractivity contribution in [3.63, 3.8) is 0 Å². The molecule has 8 heteroatoms. The first-order valence-electron chi connectivity index (χ1n) is 9.35. The van der Waals surface area contributed by atoms with E-state index < -0.39 is 4.92 Å². The number of pyridine rings is 1. The molecule has 1 unspecified atom stereocenters. The Balaban J connectivity index is 1.42. The summed E-state index contributed by atoms with van der Waals surface area (Å²) in [5, 5.41) is 13.6. The Kier molecular flexibility index (Phi) is 7.00. The van der Waals surface area contributed by atoms with Gasteiger partial charge in [0.25, 0.3) is 5.69 Å². The molecule has 1 amide bonds. The van der Waals surface area contributed by atoms with E-state index in [4.69, 9.17) is 0 Å². The molecule has 0 aliphatic carbocycles. The van der Waals surface area contributed by atoms with Gasteiger partial charge < -0.3 is 5.32 Å². The molecule has 1 N–H and O–H groups in total. The number of non-ortho nitro benzene ring substituents is 1. The minimum Gasteiger partial charge on any atom is -0.352 e. The number of hydrogen-bond donors (Lipinski definition) is 1. The predicted octanol–water partition coefficient (Wildman–Crippen LogP) is 3.25. The molecule has 1 aliphatic heterocycles. The molecule has 1 atom stereocenters. The number of nitrogens with zero attached hydrogens (tertiary/aromatic N) is 3. The van der Waals surface area contributed by atoms with Crippen LogP contribution in [0.15, 0.2) is 53.6 Å². The summed E-state index contributed by atoms with van der Waals surface area (Å²) in [5.74, 6) is 0.00605. The Bertz CT molecular complexity index is 793. The molecule has 1 fully saturated rings. The zero-order valence-corrected chi connectivity index (χ0v) is 16.6. The third kappa shape index (κ3) is 5.77. The van der Waals surface area contributed by atoms with E-state index in [1.54, 1.807) is 12.1 Å². The van der Waals surface area contributed by atoms with Crippen molar-refractivity contribution in [1.82, 2.24) is 15.2 Å². The number of amides is 1. The van der Waals surface area contributed by atoms with Crippen LogP contribution in [0.3, 0.4) is 0 Å². The molecule has 0 saturated carbocycles. The van der Waals surface area contributed by atoms with Crippen LogP contribution in [0, 0.1) is 10.1 Å². The first kappa shape index (κ1) is 20.3. The van der Waals surface area contributed by atoms with Crippen molar-refractivity contribution in [2.75, 3.05) is 13.1 Å². The van der Waals surface area contributed by atoms with Gasteiger partial charge in [0.1, 0.15) is 0 Å². The molecule has 1 saturated heterocycles. The molecule has 1 aliphatic rings. The quantitative estimate of drug-likeness (QED) is 0.436. The Morgan fingerprint density at radius 3 is 2.61 bits per heavy atom. The summed E-state index contributed by atoms with van der Waals surface area (Å²) < 4.78 is 0. The summed E-state index contributed by atoms with van der Waals surface area (Å²) in [4.78, 5) is 30.4. The van der Waals surface area contributed by atoms with E-state index in [0.717, 1.165) is 43.1 Å². The second kappa shape index (κ2) is 9.66. The maximum Gasteiger partial charge on any atom is 0.269 e. The summed E-state index contributed by atoms with van der Waals surface area (Å²) in [5.41, 5.74) is 1.12. The molecule has 0 bridgehead atoms. The fourth-order valence-corrected chi connectivity index (χ4v) is 4.06. The lowest BCUT2D eigenvalue weighted by atomic mass is 10.0. The number of rotatable bonds is 7. The number of nitro groups is 1. The minimum atomic E-state index is -0.426. The van der Waals surface area contributed by atoms with Gasteiger partial charge in [0.15, 0.2) is 0 Å².